The number of hydrogen-bond acceptors (Lipinski definition) is 3. The Hall–Kier alpha value is -0.900. The fourth-order valence-corrected chi connectivity index (χ4v) is 2.44. The van der Waals surface area contributed by atoms with Gasteiger partial charge in [0, 0.05) is 0 Å². The average molecular weight is 222 g/mol. The number of hydrogen-bond donors (Lipinski definition) is 1. The van der Waals surface area contributed by atoms with Crippen molar-refractivity contribution in [2.75, 3.05) is 0 Å². The molecule has 4 nitrogen and oxygen atoms in total. The molecule has 2 N–H and O–H groups in total. The summed E-state index contributed by atoms with van der Waals surface area (Å²) in [6.07, 6.45) is 10.6. The monoisotopic (exact) mass is 222 g/mol. The van der Waals surface area contributed by atoms with Crippen LogP contribution >= 0.6 is 0 Å². The summed E-state index contributed by atoms with van der Waals surface area (Å²) in [6, 6.07) is 0.617. The highest BCUT2D eigenvalue weighted by Crippen LogP contribution is 2.27. The quantitative estimate of drug-likeness (QED) is 0.851. The molecular formula is C12H22N4. The normalized spacial score (nSPS) is 19.9. The maximum atomic E-state index is 6.03. The standard InChI is InChI=1S/C12H22N4/c1-2-6-11(13)12-9-16(15-14-12)10-7-4-3-5-8-10/h9-11H,2-8,13H2,1H3. The highest BCUT2D eigenvalue weighted by atomic mass is 15.4. The summed E-state index contributed by atoms with van der Waals surface area (Å²) >= 11 is 0. The Bertz CT molecular complexity index is 315. The first-order valence-corrected chi connectivity index (χ1v) is 6.48. The van der Waals surface area contributed by atoms with Crippen molar-refractivity contribution in [3.05, 3.63) is 11.9 Å². The van der Waals surface area contributed by atoms with E-state index >= 15 is 0 Å². The van der Waals surface area contributed by atoms with Gasteiger partial charge in [-0.15, -0.1) is 5.10 Å². The van der Waals surface area contributed by atoms with Crippen molar-refractivity contribution < 1.29 is 0 Å². The molecule has 2 rings (SSSR count). The predicted molar refractivity (Wildman–Crippen MR) is 64.0 cm³/mol. The van der Waals surface area contributed by atoms with E-state index in [0.717, 1.165) is 18.5 Å². The summed E-state index contributed by atoms with van der Waals surface area (Å²) in [5, 5.41) is 8.43. The maximum Gasteiger partial charge on any atom is 0.0994 e. The molecule has 0 radical (unpaired) electrons. The van der Waals surface area contributed by atoms with Gasteiger partial charge >= 0.3 is 0 Å². The highest BCUT2D eigenvalue weighted by molar-refractivity contribution is 5.00. The molecule has 90 valence electrons. The largest absolute Gasteiger partial charge is 0.323 e. The third-order valence-electron chi connectivity index (χ3n) is 3.46. The van der Waals surface area contributed by atoms with E-state index < -0.39 is 0 Å². The maximum absolute atomic E-state index is 6.03. The molecule has 1 aromatic rings. The molecule has 16 heavy (non-hydrogen) atoms. The Balaban J connectivity index is 2.00. The van der Waals surface area contributed by atoms with Crippen molar-refractivity contribution in [1.82, 2.24) is 15.0 Å². The molecule has 0 saturated heterocycles. The van der Waals surface area contributed by atoms with Crippen LogP contribution in [0.3, 0.4) is 0 Å². The van der Waals surface area contributed by atoms with E-state index in [2.05, 4.69) is 23.4 Å². The molecule has 0 aliphatic heterocycles. The zero-order valence-electron chi connectivity index (χ0n) is 10.1. The van der Waals surface area contributed by atoms with Crippen molar-refractivity contribution in [2.45, 2.75) is 64.0 Å². The minimum Gasteiger partial charge on any atom is -0.323 e. The Labute approximate surface area is 97.2 Å². The van der Waals surface area contributed by atoms with Crippen LogP contribution in [0.5, 0.6) is 0 Å². The van der Waals surface area contributed by atoms with Crippen LogP contribution in [0.15, 0.2) is 6.20 Å². The third-order valence-corrected chi connectivity index (χ3v) is 3.46. The molecule has 4 heteroatoms. The van der Waals surface area contributed by atoms with Gasteiger partial charge in [-0.05, 0) is 19.3 Å². The molecule has 1 atom stereocenters. The topological polar surface area (TPSA) is 56.7 Å². The van der Waals surface area contributed by atoms with Gasteiger partial charge in [-0.2, -0.15) is 0 Å². The lowest BCUT2D eigenvalue weighted by molar-refractivity contribution is 0.324. The molecule has 1 unspecified atom stereocenters. The second-order valence-corrected chi connectivity index (χ2v) is 4.81. The van der Waals surface area contributed by atoms with Crippen molar-refractivity contribution in [1.29, 1.82) is 0 Å². The summed E-state index contributed by atoms with van der Waals surface area (Å²) in [7, 11) is 0. The lowest BCUT2D eigenvalue weighted by Crippen LogP contribution is -2.13. The van der Waals surface area contributed by atoms with E-state index in [9.17, 15) is 0 Å². The summed E-state index contributed by atoms with van der Waals surface area (Å²) in [5.74, 6) is 0. The Morgan fingerprint density at radius 3 is 2.88 bits per heavy atom. The summed E-state index contributed by atoms with van der Waals surface area (Å²) < 4.78 is 2.03. The first-order chi connectivity index (χ1) is 7.81. The molecule has 1 aliphatic rings. The molecule has 1 aromatic heterocycles. The van der Waals surface area contributed by atoms with Crippen LogP contribution in [0.4, 0.5) is 0 Å². The van der Waals surface area contributed by atoms with E-state index in [-0.39, 0.29) is 6.04 Å². The number of nitrogens with two attached hydrogens (primary N) is 1. The molecule has 1 aliphatic carbocycles. The van der Waals surface area contributed by atoms with E-state index in [1.54, 1.807) is 0 Å². The molecule has 1 heterocycles. The van der Waals surface area contributed by atoms with Gasteiger partial charge in [0.1, 0.15) is 0 Å². The number of nitrogens with zero attached hydrogens (tertiary/aromatic N) is 3. The minimum absolute atomic E-state index is 0.0577. The zero-order chi connectivity index (χ0) is 11.4. The van der Waals surface area contributed by atoms with Crippen LogP contribution < -0.4 is 5.73 Å². The third kappa shape index (κ3) is 2.61. The molecule has 0 spiro atoms. The van der Waals surface area contributed by atoms with Gasteiger partial charge in [0.05, 0.1) is 24.0 Å². The van der Waals surface area contributed by atoms with Crippen LogP contribution in [0.1, 0.15) is 69.6 Å². The fraction of sp³-hybridized carbons (Fsp3) is 0.833. The van der Waals surface area contributed by atoms with Crippen molar-refractivity contribution in [3.8, 4) is 0 Å². The Kier molecular flexibility index (Phi) is 3.93. The molecular weight excluding hydrogens is 200 g/mol. The van der Waals surface area contributed by atoms with E-state index in [1.165, 1.54) is 32.1 Å². The summed E-state index contributed by atoms with van der Waals surface area (Å²) in [6.45, 7) is 2.14. The molecule has 0 bridgehead atoms. The first kappa shape index (κ1) is 11.6. The van der Waals surface area contributed by atoms with Crippen LogP contribution in [0.25, 0.3) is 0 Å². The Morgan fingerprint density at radius 2 is 2.19 bits per heavy atom. The van der Waals surface area contributed by atoms with Gasteiger partial charge in [0.25, 0.3) is 0 Å². The number of aromatic nitrogens is 3. The fourth-order valence-electron chi connectivity index (χ4n) is 2.44. The second kappa shape index (κ2) is 5.43. The van der Waals surface area contributed by atoms with Gasteiger partial charge in [0.15, 0.2) is 0 Å². The summed E-state index contributed by atoms with van der Waals surface area (Å²) in [5.41, 5.74) is 6.98. The van der Waals surface area contributed by atoms with Crippen molar-refractivity contribution in [2.24, 2.45) is 5.73 Å². The molecule has 1 fully saturated rings. The minimum atomic E-state index is 0.0577. The lowest BCUT2D eigenvalue weighted by atomic mass is 9.96. The second-order valence-electron chi connectivity index (χ2n) is 4.81. The van der Waals surface area contributed by atoms with Gasteiger partial charge in [-0.25, -0.2) is 4.68 Å². The van der Waals surface area contributed by atoms with Crippen LogP contribution in [-0.2, 0) is 0 Å². The molecule has 0 aromatic carbocycles. The van der Waals surface area contributed by atoms with Crippen molar-refractivity contribution in [3.63, 3.8) is 0 Å². The van der Waals surface area contributed by atoms with Gasteiger partial charge in [0.2, 0.25) is 0 Å². The zero-order valence-corrected chi connectivity index (χ0v) is 10.1. The van der Waals surface area contributed by atoms with Crippen molar-refractivity contribution >= 4 is 0 Å². The number of rotatable bonds is 4. The van der Waals surface area contributed by atoms with E-state index in [1.807, 2.05) is 4.68 Å². The van der Waals surface area contributed by atoms with Gasteiger partial charge in [-0.3, -0.25) is 0 Å². The van der Waals surface area contributed by atoms with Crippen LogP contribution in [-0.4, -0.2) is 15.0 Å². The van der Waals surface area contributed by atoms with E-state index in [0.29, 0.717) is 6.04 Å². The molecule has 0 amide bonds. The SMILES string of the molecule is CCCC(N)c1cn(C2CCCCC2)nn1. The van der Waals surface area contributed by atoms with E-state index in [4.69, 9.17) is 5.73 Å². The highest BCUT2D eigenvalue weighted by Gasteiger charge is 2.18. The van der Waals surface area contributed by atoms with Gasteiger partial charge in [-0.1, -0.05) is 37.8 Å². The first-order valence-electron chi connectivity index (χ1n) is 6.48. The predicted octanol–water partition coefficient (Wildman–Crippen LogP) is 2.58. The average Bonchev–Trinajstić information content (AvgIpc) is 2.80. The van der Waals surface area contributed by atoms with Crippen LogP contribution in [0, 0.1) is 0 Å². The Morgan fingerprint density at radius 1 is 1.44 bits per heavy atom. The lowest BCUT2D eigenvalue weighted by Gasteiger charge is -2.21. The van der Waals surface area contributed by atoms with Gasteiger partial charge < -0.3 is 5.73 Å². The summed E-state index contributed by atoms with van der Waals surface area (Å²) in [4.78, 5) is 0. The molecule has 1 saturated carbocycles. The van der Waals surface area contributed by atoms with Crippen LogP contribution in [0.2, 0.25) is 0 Å². The smallest absolute Gasteiger partial charge is 0.0994 e.